The van der Waals surface area contributed by atoms with Crippen LogP contribution in [0.5, 0.6) is 0 Å². The maximum Gasteiger partial charge on any atom is 0.325 e. The third kappa shape index (κ3) is 6.67. The number of nitrogens with one attached hydrogen (secondary N) is 2. The molecular formula is C49H60N8O7S. The van der Waals surface area contributed by atoms with Crippen molar-refractivity contribution in [3.05, 3.63) is 58.2 Å². The number of hydrazine groups is 1. The van der Waals surface area contributed by atoms with Crippen LogP contribution in [0.2, 0.25) is 0 Å². The zero-order valence-electron chi connectivity index (χ0n) is 38.2. The van der Waals surface area contributed by atoms with Gasteiger partial charge in [-0.1, -0.05) is 19.9 Å². The molecule has 8 aliphatic heterocycles. The van der Waals surface area contributed by atoms with Gasteiger partial charge in [-0.05, 0) is 94.7 Å². The van der Waals surface area contributed by atoms with Gasteiger partial charge in [-0.25, -0.2) is 10.4 Å². The third-order valence-corrected chi connectivity index (χ3v) is 17.2. The molecule has 16 heteroatoms. The van der Waals surface area contributed by atoms with E-state index >= 15 is 4.79 Å². The summed E-state index contributed by atoms with van der Waals surface area (Å²) in [5.41, 5.74) is 9.04. The normalized spacial score (nSPS) is 33.3. The quantitative estimate of drug-likeness (QED) is 0.239. The van der Waals surface area contributed by atoms with E-state index in [1.807, 2.05) is 26.1 Å². The molecule has 0 unspecified atom stereocenters. The Kier molecular flexibility index (Phi) is 9.78. The number of hydrogen-bond donors (Lipinski definition) is 2. The number of amides is 2. The lowest BCUT2D eigenvalue weighted by Crippen LogP contribution is -2.74. The Hall–Kier alpha value is -4.29. The summed E-state index contributed by atoms with van der Waals surface area (Å²) in [4.78, 5) is 59.3. The van der Waals surface area contributed by atoms with Gasteiger partial charge in [0.2, 0.25) is 0 Å². The van der Waals surface area contributed by atoms with Crippen LogP contribution in [0.3, 0.4) is 0 Å². The number of methoxy groups -OCH3 is 1. The minimum Gasteiger partial charge on any atom is -0.464 e. The lowest BCUT2D eigenvalue weighted by molar-refractivity contribution is -0.204. The van der Waals surface area contributed by atoms with Crippen LogP contribution in [0, 0.1) is 22.7 Å². The molecule has 2 N–H and O–H groups in total. The second-order valence-corrected chi connectivity index (χ2v) is 22.5. The molecule has 9 fully saturated rings. The molecule has 65 heavy (non-hydrogen) atoms. The van der Waals surface area contributed by atoms with Crippen molar-refractivity contribution in [2.75, 3.05) is 60.2 Å². The molecule has 15 nitrogen and oxygen atoms in total. The van der Waals surface area contributed by atoms with E-state index in [2.05, 4.69) is 75.7 Å². The molecule has 0 radical (unpaired) electrons. The van der Waals surface area contributed by atoms with E-state index in [1.165, 1.54) is 11.3 Å². The molecule has 1 aromatic carbocycles. The molecule has 10 bridgehead atoms. The summed E-state index contributed by atoms with van der Waals surface area (Å²) >= 11 is 1.53. The number of carbonyl (C=O) groups is 3. The van der Waals surface area contributed by atoms with E-state index in [0.717, 1.165) is 75.9 Å². The van der Waals surface area contributed by atoms with Crippen molar-refractivity contribution in [2.45, 2.75) is 108 Å². The van der Waals surface area contributed by atoms with Gasteiger partial charge in [-0.2, -0.15) is 0 Å². The van der Waals surface area contributed by atoms with E-state index in [4.69, 9.17) is 28.9 Å². The van der Waals surface area contributed by atoms with E-state index in [1.54, 1.807) is 12.1 Å². The second-order valence-electron chi connectivity index (χ2n) is 21.6. The zero-order valence-corrected chi connectivity index (χ0v) is 39.0. The topological polar surface area (TPSA) is 153 Å². The molecule has 10 aliphatic rings. The fraction of sp³-hybridized carbons (Fsp3) is 0.612. The molecule has 1 spiro atoms. The minimum absolute atomic E-state index is 0.0124. The SMILES string of the molecule is CO[C@@H](C)c1ncccc1-c1c2c3cc(ccc3n1C1CN(C)C1)-c1csc(n1)[C@@H](N1CC3(COC3)C1)[C@H](NC(=O)C13CC(C1)[C@H](C)O3)C(=O)N1N[C@H](C(=O)OCC(C)(C)C2)C2CC1C2. The monoisotopic (exact) mass is 904 g/mol. The van der Waals surface area contributed by atoms with Crippen LogP contribution in [-0.4, -0.2) is 137 Å². The number of cyclic esters (lactones) is 1. The number of ether oxygens (including phenoxy) is 4. The van der Waals surface area contributed by atoms with Gasteiger partial charge in [-0.15, -0.1) is 11.3 Å². The van der Waals surface area contributed by atoms with Crippen LogP contribution in [0.1, 0.15) is 87.8 Å². The second kappa shape index (κ2) is 15.1. The highest BCUT2D eigenvalue weighted by Crippen LogP contribution is 2.53. The number of esters is 1. The molecule has 5 atom stereocenters. The Morgan fingerprint density at radius 3 is 2.54 bits per heavy atom. The smallest absolute Gasteiger partial charge is 0.325 e. The first kappa shape index (κ1) is 42.1. The predicted octanol–water partition coefficient (Wildman–Crippen LogP) is 5.07. The van der Waals surface area contributed by atoms with Gasteiger partial charge in [0.05, 0.1) is 61.2 Å². The molecule has 7 saturated heterocycles. The highest BCUT2D eigenvalue weighted by Gasteiger charge is 2.62. The molecule has 14 rings (SSSR count). The van der Waals surface area contributed by atoms with E-state index in [0.29, 0.717) is 51.2 Å². The number of fused-ring (bicyclic) bond motifs is 5. The molecule has 11 heterocycles. The Morgan fingerprint density at radius 1 is 1.06 bits per heavy atom. The Morgan fingerprint density at radius 2 is 1.85 bits per heavy atom. The first-order valence-electron chi connectivity index (χ1n) is 23.6. The number of likely N-dealkylation sites (N-methyl/N-ethyl adjacent to an activating group) is 1. The highest BCUT2D eigenvalue weighted by molar-refractivity contribution is 7.10. The van der Waals surface area contributed by atoms with Crippen molar-refractivity contribution >= 4 is 40.0 Å². The number of rotatable bonds is 7. The number of pyridine rings is 1. The van der Waals surface area contributed by atoms with Crippen LogP contribution in [0.25, 0.3) is 33.4 Å². The van der Waals surface area contributed by atoms with Crippen molar-refractivity contribution in [3.63, 3.8) is 0 Å². The number of hydrogen-bond acceptors (Lipinski definition) is 13. The van der Waals surface area contributed by atoms with Gasteiger partial charge in [-0.3, -0.25) is 29.3 Å². The molecular weight excluding hydrogens is 845 g/mol. The summed E-state index contributed by atoms with van der Waals surface area (Å²) < 4.78 is 26.8. The lowest BCUT2D eigenvalue weighted by atomic mass is 9.71. The standard InChI is InChI=1S/C49H60N8O7S/c1-26-30-15-49(16-30,64-26)46(60)52-40-42(55-21-48(22-55)24-62-25-48)43-51-36(20-65-43)28-9-10-37-34(14-28)35(17-47(3,4)23-63-45(59)39-29-12-31(13-29)57(53-39)44(40)58)41(56(37)32-18-54(5)19-32)33-8-7-11-50-38(33)27(2)61-6/h7-11,14,20,26-27,29-32,39-40,42,53H,12-13,15-19,21-25H2,1-6H3,(H,52,60)/t26-,27-,29?,30?,31?,39-,40-,42-,49?/m0/s1. The van der Waals surface area contributed by atoms with Gasteiger partial charge in [0.1, 0.15) is 22.7 Å². The average molecular weight is 905 g/mol. The van der Waals surface area contributed by atoms with E-state index in [9.17, 15) is 9.59 Å². The van der Waals surface area contributed by atoms with Crippen LogP contribution in [0.4, 0.5) is 0 Å². The van der Waals surface area contributed by atoms with E-state index < -0.39 is 29.1 Å². The summed E-state index contributed by atoms with van der Waals surface area (Å²) in [6, 6.07) is 8.70. The average Bonchev–Trinajstić information content (AvgIpc) is 4.00. The van der Waals surface area contributed by atoms with Crippen molar-refractivity contribution in [2.24, 2.45) is 22.7 Å². The number of likely N-dealkylation sites (tertiary alicyclic amines) is 2. The largest absolute Gasteiger partial charge is 0.464 e. The van der Waals surface area contributed by atoms with Gasteiger partial charge >= 0.3 is 5.97 Å². The van der Waals surface area contributed by atoms with Crippen LogP contribution in [-0.2, 0) is 39.8 Å². The number of thiazole rings is 1. The maximum atomic E-state index is 15.4. The minimum atomic E-state index is -0.999. The maximum absolute atomic E-state index is 15.4. The third-order valence-electron chi connectivity index (χ3n) is 16.3. The molecule has 2 amide bonds. The Labute approximate surface area is 383 Å². The van der Waals surface area contributed by atoms with Crippen molar-refractivity contribution < 1.29 is 33.3 Å². The Balaban J connectivity index is 1.02. The lowest BCUT2D eigenvalue weighted by Gasteiger charge is -2.58. The fourth-order valence-corrected chi connectivity index (χ4v) is 13.4. The van der Waals surface area contributed by atoms with Crippen molar-refractivity contribution in [1.29, 1.82) is 0 Å². The molecule has 344 valence electrons. The van der Waals surface area contributed by atoms with Crippen LogP contribution in [0.15, 0.2) is 41.9 Å². The number of nitrogens with zero attached hydrogens (tertiary/aromatic N) is 6. The number of aromatic nitrogens is 3. The first-order chi connectivity index (χ1) is 31.2. The molecule has 4 aromatic rings. The summed E-state index contributed by atoms with van der Waals surface area (Å²) in [5, 5.41) is 8.91. The zero-order chi connectivity index (χ0) is 44.7. The highest BCUT2D eigenvalue weighted by atomic mass is 32.1. The van der Waals surface area contributed by atoms with Crippen molar-refractivity contribution in [3.8, 4) is 22.5 Å². The summed E-state index contributed by atoms with van der Waals surface area (Å²) in [6.45, 7) is 13.2. The summed E-state index contributed by atoms with van der Waals surface area (Å²) in [6.07, 6.45) is 4.84. The van der Waals surface area contributed by atoms with Gasteiger partial charge < -0.3 is 33.7 Å². The summed E-state index contributed by atoms with van der Waals surface area (Å²) in [5.74, 6) is -0.515. The van der Waals surface area contributed by atoms with Gasteiger partial charge in [0, 0.05) is 83.8 Å². The predicted molar refractivity (Wildman–Crippen MR) is 242 cm³/mol. The first-order valence-corrected chi connectivity index (χ1v) is 24.5. The van der Waals surface area contributed by atoms with E-state index in [-0.39, 0.29) is 60.0 Å². The van der Waals surface area contributed by atoms with Crippen LogP contribution < -0.4 is 10.7 Å². The summed E-state index contributed by atoms with van der Waals surface area (Å²) in [7, 11) is 3.88. The molecule has 2 saturated carbocycles. The molecule has 3 aromatic heterocycles. The van der Waals surface area contributed by atoms with Crippen molar-refractivity contribution in [1.82, 2.24) is 40.1 Å². The number of benzene rings is 1. The Bertz CT molecular complexity index is 2580. The van der Waals surface area contributed by atoms with Crippen LogP contribution >= 0.6 is 11.3 Å². The fourth-order valence-electron chi connectivity index (χ4n) is 12.4. The van der Waals surface area contributed by atoms with Gasteiger partial charge in [0.25, 0.3) is 11.8 Å². The van der Waals surface area contributed by atoms with Gasteiger partial charge in [0.15, 0.2) is 0 Å². The number of carbonyl (C=O) groups excluding carboxylic acids is 3. The molecule has 2 aliphatic carbocycles.